The molecule has 1 aromatic carbocycles. The second kappa shape index (κ2) is 7.86. The molecule has 0 amide bonds. The summed E-state index contributed by atoms with van der Waals surface area (Å²) in [4.78, 5) is 4.00. The van der Waals surface area contributed by atoms with Crippen LogP contribution in [0.25, 0.3) is 0 Å². The number of rotatable bonds is 3. The maximum atomic E-state index is 4.71. The Balaban J connectivity index is 0.000000317. The minimum Gasteiger partial charge on any atom is -0.385 e. The SMILES string of the molecule is NC(=S)S.c1ccc(CCn2ccnc2)cc1. The van der Waals surface area contributed by atoms with Crippen LogP contribution in [-0.2, 0) is 13.0 Å². The average Bonchev–Trinajstić information content (AvgIpc) is 2.80. The van der Waals surface area contributed by atoms with Gasteiger partial charge in [0.25, 0.3) is 0 Å². The lowest BCUT2D eigenvalue weighted by Crippen LogP contribution is -1.97. The predicted octanol–water partition coefficient (Wildman–Crippen LogP) is 2.29. The number of benzene rings is 1. The molecule has 0 aliphatic heterocycles. The summed E-state index contributed by atoms with van der Waals surface area (Å²) < 4.78 is 2.28. The van der Waals surface area contributed by atoms with Gasteiger partial charge in [-0.05, 0) is 12.0 Å². The lowest BCUT2D eigenvalue weighted by Gasteiger charge is -2.01. The van der Waals surface area contributed by atoms with Crippen molar-refractivity contribution in [1.29, 1.82) is 0 Å². The van der Waals surface area contributed by atoms with Gasteiger partial charge in [0.2, 0.25) is 0 Å². The third-order valence-corrected chi connectivity index (χ3v) is 2.06. The molecule has 17 heavy (non-hydrogen) atoms. The van der Waals surface area contributed by atoms with E-state index in [0.29, 0.717) is 0 Å². The Morgan fingerprint density at radius 2 is 2.00 bits per heavy atom. The number of hydrogen-bond acceptors (Lipinski definition) is 2. The van der Waals surface area contributed by atoms with Crippen molar-refractivity contribution >= 4 is 29.2 Å². The van der Waals surface area contributed by atoms with Crippen LogP contribution in [0.5, 0.6) is 0 Å². The molecule has 0 saturated carbocycles. The molecule has 2 rings (SSSR count). The van der Waals surface area contributed by atoms with Gasteiger partial charge in [-0.25, -0.2) is 4.98 Å². The van der Waals surface area contributed by atoms with Crippen LogP contribution in [0.3, 0.4) is 0 Å². The third kappa shape index (κ3) is 6.76. The van der Waals surface area contributed by atoms with E-state index in [1.54, 1.807) is 0 Å². The van der Waals surface area contributed by atoms with Crippen molar-refractivity contribution in [3.8, 4) is 0 Å². The number of imidazole rings is 1. The molecule has 0 atom stereocenters. The lowest BCUT2D eigenvalue weighted by atomic mass is 10.1. The highest BCUT2D eigenvalue weighted by Gasteiger charge is 1.92. The topological polar surface area (TPSA) is 43.8 Å². The van der Waals surface area contributed by atoms with Crippen molar-refractivity contribution in [1.82, 2.24) is 9.55 Å². The molecule has 0 spiro atoms. The summed E-state index contributed by atoms with van der Waals surface area (Å²) in [5.74, 6) is 0. The Kier molecular flexibility index (Phi) is 6.35. The molecule has 2 aromatic rings. The van der Waals surface area contributed by atoms with E-state index < -0.39 is 0 Å². The van der Waals surface area contributed by atoms with E-state index in [-0.39, 0.29) is 4.32 Å². The van der Waals surface area contributed by atoms with Crippen LogP contribution < -0.4 is 5.73 Å². The van der Waals surface area contributed by atoms with E-state index in [9.17, 15) is 0 Å². The zero-order valence-electron chi connectivity index (χ0n) is 9.36. The number of thiol groups is 1. The maximum Gasteiger partial charge on any atom is 0.128 e. The first kappa shape index (κ1) is 13.7. The Bertz CT molecular complexity index is 422. The van der Waals surface area contributed by atoms with Crippen LogP contribution in [0.4, 0.5) is 0 Å². The van der Waals surface area contributed by atoms with Gasteiger partial charge >= 0.3 is 0 Å². The fourth-order valence-corrected chi connectivity index (χ4v) is 1.32. The summed E-state index contributed by atoms with van der Waals surface area (Å²) in [6.45, 7) is 1.00. The number of hydrogen-bond donors (Lipinski definition) is 2. The normalized spacial score (nSPS) is 9.24. The van der Waals surface area contributed by atoms with Crippen molar-refractivity contribution in [3.63, 3.8) is 0 Å². The standard InChI is InChI=1S/C11H12N2.CH3NS2/c1-2-4-11(5-3-1)6-8-13-9-7-12-10-13;2-1(3)4/h1-5,7,9-10H,6,8H2;(H3,2,3,4). The highest BCUT2D eigenvalue weighted by atomic mass is 32.1. The van der Waals surface area contributed by atoms with Crippen LogP contribution in [0.15, 0.2) is 49.1 Å². The van der Waals surface area contributed by atoms with E-state index >= 15 is 0 Å². The summed E-state index contributed by atoms with van der Waals surface area (Å²) in [5.41, 5.74) is 6.08. The van der Waals surface area contributed by atoms with Crippen LogP contribution in [0.2, 0.25) is 0 Å². The monoisotopic (exact) mass is 265 g/mol. The predicted molar refractivity (Wildman–Crippen MR) is 78.1 cm³/mol. The van der Waals surface area contributed by atoms with Crippen molar-refractivity contribution in [2.75, 3.05) is 0 Å². The summed E-state index contributed by atoms with van der Waals surface area (Å²) in [5, 5.41) is 0. The van der Waals surface area contributed by atoms with Crippen molar-refractivity contribution in [2.24, 2.45) is 5.73 Å². The van der Waals surface area contributed by atoms with Crippen molar-refractivity contribution < 1.29 is 0 Å². The van der Waals surface area contributed by atoms with E-state index in [1.165, 1.54) is 5.56 Å². The largest absolute Gasteiger partial charge is 0.385 e. The lowest BCUT2D eigenvalue weighted by molar-refractivity contribution is 0.696. The van der Waals surface area contributed by atoms with Crippen LogP contribution >= 0.6 is 24.8 Å². The Morgan fingerprint density at radius 3 is 2.53 bits per heavy atom. The summed E-state index contributed by atoms with van der Waals surface area (Å²) in [7, 11) is 0. The minimum atomic E-state index is 0.194. The number of thiocarbonyl (C=S) groups is 1. The minimum absolute atomic E-state index is 0.194. The van der Waals surface area contributed by atoms with Gasteiger partial charge in [-0.1, -0.05) is 42.5 Å². The number of nitrogens with zero attached hydrogens (tertiary/aromatic N) is 2. The van der Waals surface area contributed by atoms with Gasteiger partial charge in [0.1, 0.15) is 4.32 Å². The molecule has 0 bridgehead atoms. The van der Waals surface area contributed by atoms with E-state index in [1.807, 2.05) is 24.8 Å². The van der Waals surface area contributed by atoms with Gasteiger partial charge in [0, 0.05) is 18.9 Å². The van der Waals surface area contributed by atoms with E-state index in [4.69, 9.17) is 5.73 Å². The molecule has 0 saturated heterocycles. The third-order valence-electron chi connectivity index (χ3n) is 2.06. The maximum absolute atomic E-state index is 4.71. The van der Waals surface area contributed by atoms with Crippen LogP contribution in [-0.4, -0.2) is 13.9 Å². The van der Waals surface area contributed by atoms with Crippen LogP contribution in [0, 0.1) is 0 Å². The zero-order chi connectivity index (χ0) is 12.5. The first-order valence-electron chi connectivity index (χ1n) is 5.16. The molecule has 0 aliphatic carbocycles. The molecular weight excluding hydrogens is 250 g/mol. The number of nitrogens with two attached hydrogens (primary N) is 1. The fourth-order valence-electron chi connectivity index (χ4n) is 1.32. The molecular formula is C12H15N3S2. The number of aryl methyl sites for hydroxylation is 2. The Hall–Kier alpha value is -1.33. The van der Waals surface area contributed by atoms with Gasteiger partial charge in [0.15, 0.2) is 0 Å². The zero-order valence-corrected chi connectivity index (χ0v) is 11.1. The van der Waals surface area contributed by atoms with E-state index in [2.05, 4.69) is 58.7 Å². The molecule has 0 unspecified atom stereocenters. The van der Waals surface area contributed by atoms with Gasteiger partial charge in [-0.2, -0.15) is 0 Å². The van der Waals surface area contributed by atoms with Gasteiger partial charge in [-0.15, -0.1) is 12.6 Å². The first-order chi connectivity index (χ1) is 8.18. The molecule has 0 fully saturated rings. The highest BCUT2D eigenvalue weighted by molar-refractivity contribution is 8.10. The van der Waals surface area contributed by atoms with Gasteiger partial charge in [-0.3, -0.25) is 0 Å². The second-order valence-electron chi connectivity index (χ2n) is 3.37. The van der Waals surface area contributed by atoms with Crippen molar-refractivity contribution in [2.45, 2.75) is 13.0 Å². The van der Waals surface area contributed by atoms with Gasteiger partial charge in [0.05, 0.1) is 6.33 Å². The first-order valence-corrected chi connectivity index (χ1v) is 6.02. The summed E-state index contributed by atoms with van der Waals surface area (Å²) in [6.07, 6.45) is 6.72. The second-order valence-corrected chi connectivity index (χ2v) is 4.60. The summed E-state index contributed by atoms with van der Waals surface area (Å²) >= 11 is 7.65. The number of aromatic nitrogens is 2. The highest BCUT2D eigenvalue weighted by Crippen LogP contribution is 2.01. The van der Waals surface area contributed by atoms with Crippen LogP contribution in [0.1, 0.15) is 5.56 Å². The Morgan fingerprint density at radius 1 is 1.35 bits per heavy atom. The smallest absolute Gasteiger partial charge is 0.128 e. The molecule has 5 heteroatoms. The molecule has 90 valence electrons. The quantitative estimate of drug-likeness (QED) is 0.661. The van der Waals surface area contributed by atoms with Crippen molar-refractivity contribution in [3.05, 3.63) is 54.6 Å². The molecule has 0 radical (unpaired) electrons. The molecule has 1 heterocycles. The molecule has 2 N–H and O–H groups in total. The summed E-state index contributed by atoms with van der Waals surface area (Å²) in [6, 6.07) is 10.5. The van der Waals surface area contributed by atoms with Gasteiger partial charge < -0.3 is 10.3 Å². The Labute approximate surface area is 112 Å². The molecule has 0 aliphatic rings. The average molecular weight is 265 g/mol. The van der Waals surface area contributed by atoms with E-state index in [0.717, 1.165) is 13.0 Å². The molecule has 3 nitrogen and oxygen atoms in total. The fraction of sp³-hybridized carbons (Fsp3) is 0.167. The molecule has 1 aromatic heterocycles.